The molecule has 0 spiro atoms. The average Bonchev–Trinajstić information content (AvgIpc) is 2.47. The number of rotatable bonds is 5. The summed E-state index contributed by atoms with van der Waals surface area (Å²) >= 11 is 1.67. The Bertz CT molecular complexity index is 540. The molecule has 19 heavy (non-hydrogen) atoms. The molecule has 0 saturated heterocycles. The summed E-state index contributed by atoms with van der Waals surface area (Å²) in [6.45, 7) is 0.461. The topological polar surface area (TPSA) is 44.5 Å². The summed E-state index contributed by atoms with van der Waals surface area (Å²) in [5.74, 6) is 2.39. The SMILES string of the molecule is COc1ccc(Oc2cccc(SC)c2CN)cc1. The van der Waals surface area contributed by atoms with Crippen LogP contribution in [0.5, 0.6) is 17.2 Å². The quantitative estimate of drug-likeness (QED) is 0.846. The van der Waals surface area contributed by atoms with Crippen LogP contribution < -0.4 is 15.2 Å². The molecule has 0 amide bonds. The van der Waals surface area contributed by atoms with Crippen molar-refractivity contribution < 1.29 is 9.47 Å². The number of nitrogens with two attached hydrogens (primary N) is 1. The third kappa shape index (κ3) is 3.22. The molecule has 2 aromatic carbocycles. The monoisotopic (exact) mass is 275 g/mol. The maximum atomic E-state index is 5.89. The maximum Gasteiger partial charge on any atom is 0.133 e. The summed E-state index contributed by atoms with van der Waals surface area (Å²) < 4.78 is 11.0. The second-order valence-electron chi connectivity index (χ2n) is 3.92. The molecule has 3 nitrogen and oxygen atoms in total. The van der Waals surface area contributed by atoms with Gasteiger partial charge in [-0.2, -0.15) is 0 Å². The van der Waals surface area contributed by atoms with Crippen LogP contribution in [0.15, 0.2) is 47.4 Å². The van der Waals surface area contributed by atoms with Gasteiger partial charge in [0.25, 0.3) is 0 Å². The summed E-state index contributed by atoms with van der Waals surface area (Å²) in [6.07, 6.45) is 2.03. The van der Waals surface area contributed by atoms with Crippen molar-refractivity contribution in [2.75, 3.05) is 13.4 Å². The van der Waals surface area contributed by atoms with Gasteiger partial charge in [-0.15, -0.1) is 11.8 Å². The zero-order valence-corrected chi connectivity index (χ0v) is 11.9. The molecule has 0 heterocycles. The van der Waals surface area contributed by atoms with Gasteiger partial charge in [0, 0.05) is 17.0 Å². The van der Waals surface area contributed by atoms with Gasteiger partial charge in [0.1, 0.15) is 17.2 Å². The molecule has 2 aromatic rings. The fourth-order valence-electron chi connectivity index (χ4n) is 1.80. The molecule has 100 valence electrons. The maximum absolute atomic E-state index is 5.89. The van der Waals surface area contributed by atoms with Gasteiger partial charge in [-0.3, -0.25) is 0 Å². The summed E-state index contributed by atoms with van der Waals surface area (Å²) in [5, 5.41) is 0. The number of hydrogen-bond acceptors (Lipinski definition) is 4. The van der Waals surface area contributed by atoms with E-state index in [0.717, 1.165) is 27.7 Å². The lowest BCUT2D eigenvalue weighted by atomic mass is 10.2. The normalized spacial score (nSPS) is 10.3. The Hall–Kier alpha value is -1.65. The summed E-state index contributed by atoms with van der Waals surface area (Å²) in [4.78, 5) is 1.15. The largest absolute Gasteiger partial charge is 0.497 e. The lowest BCUT2D eigenvalue weighted by molar-refractivity contribution is 0.412. The van der Waals surface area contributed by atoms with Gasteiger partial charge < -0.3 is 15.2 Å². The van der Waals surface area contributed by atoms with Gasteiger partial charge in [0.2, 0.25) is 0 Å². The molecule has 0 bridgehead atoms. The summed E-state index contributed by atoms with van der Waals surface area (Å²) in [5.41, 5.74) is 6.85. The molecule has 0 aliphatic heterocycles. The van der Waals surface area contributed by atoms with Crippen LogP contribution in [0.1, 0.15) is 5.56 Å². The molecule has 0 radical (unpaired) electrons. The van der Waals surface area contributed by atoms with Crippen molar-refractivity contribution in [3.63, 3.8) is 0 Å². The standard InChI is InChI=1S/C15H17NO2S/c1-17-11-6-8-12(9-7-11)18-14-4-3-5-15(19-2)13(14)10-16/h3-9H,10,16H2,1-2H3. The van der Waals surface area contributed by atoms with Crippen LogP contribution in [-0.2, 0) is 6.54 Å². The lowest BCUT2D eigenvalue weighted by Crippen LogP contribution is -2.01. The van der Waals surface area contributed by atoms with Crippen molar-refractivity contribution in [1.82, 2.24) is 0 Å². The molecule has 0 fully saturated rings. The number of methoxy groups -OCH3 is 1. The van der Waals surface area contributed by atoms with Crippen molar-refractivity contribution in [3.8, 4) is 17.2 Å². The predicted molar refractivity (Wildman–Crippen MR) is 79.2 cm³/mol. The van der Waals surface area contributed by atoms with E-state index in [4.69, 9.17) is 15.2 Å². The molecular weight excluding hydrogens is 258 g/mol. The van der Waals surface area contributed by atoms with Gasteiger partial charge in [0.15, 0.2) is 0 Å². The number of thioether (sulfide) groups is 1. The molecular formula is C15H17NO2S. The minimum Gasteiger partial charge on any atom is -0.497 e. The summed E-state index contributed by atoms with van der Waals surface area (Å²) in [6, 6.07) is 13.5. The lowest BCUT2D eigenvalue weighted by Gasteiger charge is -2.13. The van der Waals surface area contributed by atoms with E-state index in [9.17, 15) is 0 Å². The van der Waals surface area contributed by atoms with Crippen LogP contribution >= 0.6 is 11.8 Å². The van der Waals surface area contributed by atoms with Gasteiger partial charge in [-0.1, -0.05) is 6.07 Å². The second kappa shape index (κ2) is 6.50. The van der Waals surface area contributed by atoms with E-state index in [1.54, 1.807) is 18.9 Å². The Morgan fingerprint density at radius 1 is 1.05 bits per heavy atom. The predicted octanol–water partition coefficient (Wildman–Crippen LogP) is 3.67. The van der Waals surface area contributed by atoms with Crippen LogP contribution in [0.2, 0.25) is 0 Å². The van der Waals surface area contributed by atoms with E-state index in [-0.39, 0.29) is 0 Å². The number of ether oxygens (including phenoxy) is 2. The Kier molecular flexibility index (Phi) is 4.71. The highest BCUT2D eigenvalue weighted by molar-refractivity contribution is 7.98. The molecule has 2 N–H and O–H groups in total. The van der Waals surface area contributed by atoms with Crippen LogP contribution in [0, 0.1) is 0 Å². The van der Waals surface area contributed by atoms with E-state index in [1.165, 1.54) is 0 Å². The van der Waals surface area contributed by atoms with Crippen LogP contribution in [-0.4, -0.2) is 13.4 Å². The van der Waals surface area contributed by atoms with Gasteiger partial charge >= 0.3 is 0 Å². The second-order valence-corrected chi connectivity index (χ2v) is 4.77. The number of hydrogen-bond donors (Lipinski definition) is 1. The van der Waals surface area contributed by atoms with E-state index in [2.05, 4.69) is 0 Å². The number of benzene rings is 2. The fourth-order valence-corrected chi connectivity index (χ4v) is 2.45. The van der Waals surface area contributed by atoms with E-state index in [1.807, 2.05) is 48.7 Å². The van der Waals surface area contributed by atoms with Crippen molar-refractivity contribution in [3.05, 3.63) is 48.0 Å². The minimum absolute atomic E-state index is 0.461. The van der Waals surface area contributed by atoms with Crippen LogP contribution in [0.4, 0.5) is 0 Å². The van der Waals surface area contributed by atoms with E-state index in [0.29, 0.717) is 6.54 Å². The molecule has 0 saturated carbocycles. The molecule has 2 rings (SSSR count). The first-order valence-corrected chi connectivity index (χ1v) is 7.18. The van der Waals surface area contributed by atoms with Gasteiger partial charge in [0.05, 0.1) is 7.11 Å². The Morgan fingerprint density at radius 3 is 2.32 bits per heavy atom. The summed E-state index contributed by atoms with van der Waals surface area (Å²) in [7, 11) is 1.64. The fraction of sp³-hybridized carbons (Fsp3) is 0.200. The molecule has 0 unspecified atom stereocenters. The molecule has 0 aliphatic carbocycles. The first kappa shape index (κ1) is 13.8. The van der Waals surface area contributed by atoms with Crippen molar-refractivity contribution >= 4 is 11.8 Å². The molecule has 0 aromatic heterocycles. The van der Waals surface area contributed by atoms with Gasteiger partial charge in [-0.25, -0.2) is 0 Å². The Labute approximate surface area is 117 Å². The van der Waals surface area contributed by atoms with Crippen molar-refractivity contribution in [1.29, 1.82) is 0 Å². The smallest absolute Gasteiger partial charge is 0.133 e. The Morgan fingerprint density at radius 2 is 1.74 bits per heavy atom. The first-order chi connectivity index (χ1) is 9.28. The average molecular weight is 275 g/mol. The van der Waals surface area contributed by atoms with Crippen molar-refractivity contribution in [2.45, 2.75) is 11.4 Å². The van der Waals surface area contributed by atoms with Gasteiger partial charge in [-0.05, 0) is 42.7 Å². The third-order valence-corrected chi connectivity index (χ3v) is 3.62. The Balaban J connectivity index is 2.26. The molecule has 0 atom stereocenters. The van der Waals surface area contributed by atoms with Crippen LogP contribution in [0.3, 0.4) is 0 Å². The first-order valence-electron chi connectivity index (χ1n) is 5.96. The van der Waals surface area contributed by atoms with Crippen molar-refractivity contribution in [2.24, 2.45) is 5.73 Å². The zero-order valence-electron chi connectivity index (χ0n) is 11.1. The highest BCUT2D eigenvalue weighted by atomic mass is 32.2. The molecule has 0 aliphatic rings. The van der Waals surface area contributed by atoms with E-state index < -0.39 is 0 Å². The highest BCUT2D eigenvalue weighted by Gasteiger charge is 2.08. The van der Waals surface area contributed by atoms with E-state index >= 15 is 0 Å². The minimum atomic E-state index is 0.461. The zero-order chi connectivity index (χ0) is 13.7. The highest BCUT2D eigenvalue weighted by Crippen LogP contribution is 2.32. The molecule has 4 heteroatoms. The van der Waals surface area contributed by atoms with Crippen LogP contribution in [0.25, 0.3) is 0 Å². The third-order valence-electron chi connectivity index (χ3n) is 2.80.